The number of amidine groups is 1. The van der Waals surface area contributed by atoms with Crippen LogP contribution < -0.4 is 11.5 Å². The number of carbonyl (C=O) groups excluding carboxylic acids is 1. The first kappa shape index (κ1) is 21.7. The van der Waals surface area contributed by atoms with E-state index in [2.05, 4.69) is 20.6 Å². The maximum atomic E-state index is 13.8. The number of ether oxygens (including phenoxy) is 1. The molecule has 10 nitrogen and oxygen atoms in total. The first-order valence-corrected chi connectivity index (χ1v) is 7.10. The van der Waals surface area contributed by atoms with Crippen molar-refractivity contribution >= 4 is 23.6 Å². The Morgan fingerprint density at radius 1 is 1.22 bits per heavy atom. The molecule has 0 aromatic heterocycles. The molecule has 0 fully saturated rings. The molecule has 6 N–H and O–H groups in total. The second-order valence-electron chi connectivity index (χ2n) is 4.96. The SMILES string of the molecule is [N-]=[N+]=Nc1c(F)c(F)c(C(=O)OC(N)=NCCCC([NH3+])C(=O)O)c(F)c1F. The summed E-state index contributed by atoms with van der Waals surface area (Å²) in [6.45, 7) is -0.109. The van der Waals surface area contributed by atoms with Crippen LogP contribution in [0.1, 0.15) is 23.2 Å². The molecule has 1 unspecified atom stereocenters. The number of esters is 1. The maximum Gasteiger partial charge on any atom is 0.362 e. The number of azide groups is 1. The molecule has 1 rings (SSSR count). The Hall–Kier alpha value is -3.38. The number of aliphatic imine (C=N–C) groups is 1. The molecular formula is C13H13F4N6O4+. The Morgan fingerprint density at radius 3 is 2.26 bits per heavy atom. The number of benzene rings is 1. The third-order valence-corrected chi connectivity index (χ3v) is 3.11. The number of carbonyl (C=O) groups is 2. The summed E-state index contributed by atoms with van der Waals surface area (Å²) in [7, 11) is 0. The zero-order chi connectivity index (χ0) is 20.7. The number of hydrogen-bond donors (Lipinski definition) is 3. The fourth-order valence-corrected chi connectivity index (χ4v) is 1.76. The Balaban J connectivity index is 2.93. The maximum absolute atomic E-state index is 13.8. The molecule has 27 heavy (non-hydrogen) atoms. The number of nitrogens with two attached hydrogens (primary N) is 1. The van der Waals surface area contributed by atoms with Gasteiger partial charge in [0.05, 0.1) is 0 Å². The second-order valence-corrected chi connectivity index (χ2v) is 4.96. The lowest BCUT2D eigenvalue weighted by Crippen LogP contribution is -2.64. The molecule has 1 aromatic rings. The highest BCUT2D eigenvalue weighted by Crippen LogP contribution is 2.30. The van der Waals surface area contributed by atoms with E-state index in [1.807, 2.05) is 4.91 Å². The predicted molar refractivity (Wildman–Crippen MR) is 80.5 cm³/mol. The molecule has 0 spiro atoms. The molecule has 0 radical (unpaired) electrons. The van der Waals surface area contributed by atoms with Gasteiger partial charge in [0, 0.05) is 17.9 Å². The van der Waals surface area contributed by atoms with Crippen LogP contribution in [0.25, 0.3) is 10.4 Å². The van der Waals surface area contributed by atoms with E-state index in [1.54, 1.807) is 0 Å². The number of nitrogens with zero attached hydrogens (tertiary/aromatic N) is 4. The van der Waals surface area contributed by atoms with Gasteiger partial charge in [0.1, 0.15) is 11.3 Å². The van der Waals surface area contributed by atoms with Crippen molar-refractivity contribution in [3.63, 3.8) is 0 Å². The Morgan fingerprint density at radius 2 is 1.78 bits per heavy atom. The van der Waals surface area contributed by atoms with Crippen LogP contribution in [-0.4, -0.2) is 35.7 Å². The van der Waals surface area contributed by atoms with Gasteiger partial charge in [-0.25, -0.2) is 32.1 Å². The quantitative estimate of drug-likeness (QED) is 0.0722. The lowest BCUT2D eigenvalue weighted by Gasteiger charge is -2.09. The average molecular weight is 393 g/mol. The molecular weight excluding hydrogens is 380 g/mol. The Bertz CT molecular complexity index is 812. The van der Waals surface area contributed by atoms with Crippen molar-refractivity contribution in [2.24, 2.45) is 15.8 Å². The van der Waals surface area contributed by atoms with Gasteiger partial charge in [-0.15, -0.1) is 0 Å². The molecule has 0 aliphatic rings. The summed E-state index contributed by atoms with van der Waals surface area (Å²) in [5, 5.41) is 11.1. The molecule has 0 saturated carbocycles. The molecule has 0 saturated heterocycles. The van der Waals surface area contributed by atoms with E-state index >= 15 is 0 Å². The number of halogens is 4. The summed E-state index contributed by atoms with van der Waals surface area (Å²) in [5.74, 6) is -11.5. The van der Waals surface area contributed by atoms with Crippen molar-refractivity contribution in [2.45, 2.75) is 18.9 Å². The zero-order valence-corrected chi connectivity index (χ0v) is 13.5. The van der Waals surface area contributed by atoms with Crippen molar-refractivity contribution < 1.29 is 42.7 Å². The van der Waals surface area contributed by atoms with E-state index in [1.165, 1.54) is 0 Å². The monoisotopic (exact) mass is 393 g/mol. The van der Waals surface area contributed by atoms with Crippen LogP contribution in [0, 0.1) is 23.3 Å². The normalized spacial score (nSPS) is 12.3. The van der Waals surface area contributed by atoms with Crippen LogP contribution in [0.2, 0.25) is 0 Å². The van der Waals surface area contributed by atoms with E-state index in [-0.39, 0.29) is 19.4 Å². The van der Waals surface area contributed by atoms with Gasteiger partial charge in [0.25, 0.3) is 6.02 Å². The molecule has 0 aliphatic heterocycles. The first-order chi connectivity index (χ1) is 12.6. The summed E-state index contributed by atoms with van der Waals surface area (Å²) in [4.78, 5) is 27.8. The fraction of sp³-hybridized carbons (Fsp3) is 0.308. The summed E-state index contributed by atoms with van der Waals surface area (Å²) in [6, 6.07) is -1.76. The molecule has 0 bridgehead atoms. The minimum absolute atomic E-state index is 0.109. The Labute approximate surface area is 148 Å². The van der Waals surface area contributed by atoms with Crippen LogP contribution in [0.5, 0.6) is 0 Å². The van der Waals surface area contributed by atoms with Crippen LogP contribution in [0.15, 0.2) is 10.1 Å². The van der Waals surface area contributed by atoms with Gasteiger partial charge in [-0.05, 0) is 12.0 Å². The molecule has 1 aromatic carbocycles. The van der Waals surface area contributed by atoms with Gasteiger partial charge in [-0.3, -0.25) is 0 Å². The molecule has 146 valence electrons. The van der Waals surface area contributed by atoms with Gasteiger partial charge in [0.2, 0.25) is 0 Å². The van der Waals surface area contributed by atoms with E-state index < -0.39 is 58.5 Å². The minimum atomic E-state index is -2.14. The smallest absolute Gasteiger partial charge is 0.362 e. The van der Waals surface area contributed by atoms with Crippen LogP contribution in [-0.2, 0) is 9.53 Å². The molecule has 1 atom stereocenters. The van der Waals surface area contributed by atoms with E-state index in [0.29, 0.717) is 0 Å². The minimum Gasteiger partial charge on any atom is -0.477 e. The first-order valence-electron chi connectivity index (χ1n) is 7.10. The molecule has 0 aliphatic carbocycles. The fourth-order valence-electron chi connectivity index (χ4n) is 1.76. The van der Waals surface area contributed by atoms with Gasteiger partial charge in [-0.2, -0.15) is 0 Å². The second kappa shape index (κ2) is 9.35. The lowest BCUT2D eigenvalue weighted by molar-refractivity contribution is -0.409. The number of hydrogen-bond acceptors (Lipinski definition) is 5. The number of carboxylic acids is 1. The van der Waals surface area contributed by atoms with Crippen molar-refractivity contribution in [3.8, 4) is 0 Å². The van der Waals surface area contributed by atoms with E-state index in [9.17, 15) is 27.2 Å². The van der Waals surface area contributed by atoms with Crippen LogP contribution >= 0.6 is 0 Å². The van der Waals surface area contributed by atoms with Gasteiger partial charge in [-0.1, -0.05) is 5.11 Å². The summed E-state index contributed by atoms with van der Waals surface area (Å²) >= 11 is 0. The standard InChI is InChI=1S/C13H12F4N6O4/c14-6-5(7(15)9(17)10(8(6)16)22-23-20)12(26)27-13(19)21-3-1-2-4(18)11(24)25/h4H,1-3,18H2,(H2,19,21)(H,24,25)/p+1. The lowest BCUT2D eigenvalue weighted by atomic mass is 10.1. The number of aliphatic carboxylic acids is 1. The largest absolute Gasteiger partial charge is 0.477 e. The molecule has 0 heterocycles. The highest BCUT2D eigenvalue weighted by molar-refractivity contribution is 5.98. The third kappa shape index (κ3) is 5.29. The predicted octanol–water partition coefficient (Wildman–Crippen LogP) is 1.13. The summed E-state index contributed by atoms with van der Waals surface area (Å²) < 4.78 is 59.1. The van der Waals surface area contributed by atoms with Crippen molar-refractivity contribution in [1.29, 1.82) is 0 Å². The van der Waals surface area contributed by atoms with Gasteiger partial charge >= 0.3 is 11.9 Å². The van der Waals surface area contributed by atoms with E-state index in [4.69, 9.17) is 16.4 Å². The number of carboxylic acid groups (broad SMARTS) is 1. The van der Waals surface area contributed by atoms with Crippen molar-refractivity contribution in [3.05, 3.63) is 39.3 Å². The summed E-state index contributed by atoms with van der Waals surface area (Å²) in [5.41, 5.74) is 13.4. The zero-order valence-electron chi connectivity index (χ0n) is 13.5. The van der Waals surface area contributed by atoms with Gasteiger partial charge < -0.3 is 21.3 Å². The highest BCUT2D eigenvalue weighted by atomic mass is 19.2. The van der Waals surface area contributed by atoms with Gasteiger partial charge in [0.15, 0.2) is 29.3 Å². The third-order valence-electron chi connectivity index (χ3n) is 3.11. The van der Waals surface area contributed by atoms with Crippen LogP contribution in [0.4, 0.5) is 23.2 Å². The van der Waals surface area contributed by atoms with Crippen molar-refractivity contribution in [1.82, 2.24) is 0 Å². The average Bonchev–Trinajstić information content (AvgIpc) is 2.60. The van der Waals surface area contributed by atoms with Crippen LogP contribution in [0.3, 0.4) is 0 Å². The molecule has 0 amide bonds. The number of rotatable bonds is 7. The summed E-state index contributed by atoms with van der Waals surface area (Å²) in [6.07, 6.45) is 0.312. The Kier molecular flexibility index (Phi) is 7.50. The highest BCUT2D eigenvalue weighted by Gasteiger charge is 2.30. The number of quaternary nitrogens is 1. The van der Waals surface area contributed by atoms with Crippen molar-refractivity contribution in [2.75, 3.05) is 6.54 Å². The molecule has 14 heteroatoms. The topological polar surface area (TPSA) is 178 Å². The van der Waals surface area contributed by atoms with E-state index in [0.717, 1.165) is 0 Å².